The first-order chi connectivity index (χ1) is 15.0. The largest absolute Gasteiger partial charge is 0.476 e. The number of Topliss-reactive ketones (excluding diaryl/α,β-unsaturated/α-hetero) is 1. The number of anilines is 2. The quantitative estimate of drug-likeness (QED) is 0.386. The Kier molecular flexibility index (Phi) is 6.28. The number of carboxylic acids is 1. The molecular weight excluding hydrogens is 440 g/mol. The molecule has 0 aliphatic heterocycles. The van der Waals surface area contributed by atoms with Crippen LogP contribution in [-0.2, 0) is 0 Å². The lowest BCUT2D eigenvalue weighted by molar-refractivity contribution is 0.0687. The SMILES string of the molecule is O=C(Nc1nc(C(=O)O)c(Sc2ncc[nH]2)s1)Nc1cnccc1C(=O)C1CCCC1. The maximum Gasteiger partial charge on any atom is 0.356 e. The molecule has 0 unspecified atom stereocenters. The van der Waals surface area contributed by atoms with Crippen molar-refractivity contribution in [1.82, 2.24) is 19.9 Å². The van der Waals surface area contributed by atoms with Crippen molar-refractivity contribution < 1.29 is 19.5 Å². The van der Waals surface area contributed by atoms with Crippen LogP contribution in [0, 0.1) is 5.92 Å². The zero-order chi connectivity index (χ0) is 21.8. The molecule has 0 saturated heterocycles. The van der Waals surface area contributed by atoms with Crippen molar-refractivity contribution in [3.8, 4) is 0 Å². The van der Waals surface area contributed by atoms with Gasteiger partial charge in [-0.15, -0.1) is 0 Å². The van der Waals surface area contributed by atoms with Gasteiger partial charge in [0.25, 0.3) is 0 Å². The summed E-state index contributed by atoms with van der Waals surface area (Å²) in [7, 11) is 0. The standard InChI is InChI=1S/C19H18N6O4S2/c26-14(10-3-1-2-4-10)11-5-6-20-9-12(11)23-17(29)25-19-24-13(15(27)28)16(31-19)30-18-21-7-8-22-18/h5-10H,1-4H2,(H,21,22)(H,27,28)(H2,23,24,25,29). The van der Waals surface area contributed by atoms with Crippen LogP contribution in [0.3, 0.4) is 0 Å². The lowest BCUT2D eigenvalue weighted by Crippen LogP contribution is -2.22. The zero-order valence-corrected chi connectivity index (χ0v) is 17.8. The number of hydrogen-bond donors (Lipinski definition) is 4. The number of hydrogen-bond acceptors (Lipinski definition) is 8. The van der Waals surface area contributed by atoms with E-state index in [0.29, 0.717) is 20.6 Å². The van der Waals surface area contributed by atoms with Gasteiger partial charge in [0.05, 0.1) is 11.9 Å². The second-order valence-electron chi connectivity index (χ2n) is 6.80. The van der Waals surface area contributed by atoms with E-state index in [4.69, 9.17) is 0 Å². The first-order valence-corrected chi connectivity index (χ1v) is 11.1. The van der Waals surface area contributed by atoms with Crippen molar-refractivity contribution in [2.75, 3.05) is 10.6 Å². The van der Waals surface area contributed by atoms with Gasteiger partial charge in [-0.05, 0) is 30.7 Å². The number of thiazole rings is 1. The van der Waals surface area contributed by atoms with Gasteiger partial charge in [0.2, 0.25) is 0 Å². The van der Waals surface area contributed by atoms with Gasteiger partial charge in [-0.3, -0.25) is 15.1 Å². The summed E-state index contributed by atoms with van der Waals surface area (Å²) in [5, 5.41) is 15.2. The molecule has 1 fully saturated rings. The van der Waals surface area contributed by atoms with E-state index in [2.05, 4.69) is 30.6 Å². The van der Waals surface area contributed by atoms with Crippen LogP contribution in [0.2, 0.25) is 0 Å². The summed E-state index contributed by atoms with van der Waals surface area (Å²) in [4.78, 5) is 51.7. The van der Waals surface area contributed by atoms with Crippen LogP contribution in [0.1, 0.15) is 46.5 Å². The number of urea groups is 1. The van der Waals surface area contributed by atoms with Crippen LogP contribution in [-0.4, -0.2) is 42.8 Å². The lowest BCUT2D eigenvalue weighted by atomic mass is 9.96. The minimum Gasteiger partial charge on any atom is -0.476 e. The fraction of sp³-hybridized carbons (Fsp3) is 0.263. The van der Waals surface area contributed by atoms with E-state index in [1.54, 1.807) is 18.5 Å². The molecule has 0 aromatic carbocycles. The molecule has 1 saturated carbocycles. The number of aromatic amines is 1. The molecule has 4 rings (SSSR count). The molecule has 0 atom stereocenters. The number of pyridine rings is 1. The summed E-state index contributed by atoms with van der Waals surface area (Å²) in [6.45, 7) is 0. The molecule has 3 heterocycles. The van der Waals surface area contributed by atoms with Gasteiger partial charge in [-0.25, -0.2) is 19.6 Å². The number of imidazole rings is 1. The predicted octanol–water partition coefficient (Wildman–Crippen LogP) is 4.13. The highest BCUT2D eigenvalue weighted by atomic mass is 32.2. The molecule has 12 heteroatoms. The first-order valence-electron chi connectivity index (χ1n) is 9.49. The van der Waals surface area contributed by atoms with Crippen molar-refractivity contribution in [2.45, 2.75) is 35.0 Å². The molecule has 0 spiro atoms. The molecule has 2 amide bonds. The average Bonchev–Trinajstić information content (AvgIpc) is 3.50. The topological polar surface area (TPSA) is 150 Å². The molecule has 3 aromatic heterocycles. The number of nitrogens with zero attached hydrogens (tertiary/aromatic N) is 3. The smallest absolute Gasteiger partial charge is 0.356 e. The summed E-state index contributed by atoms with van der Waals surface area (Å²) in [6, 6.07) is 0.953. The van der Waals surface area contributed by atoms with Gasteiger partial charge >= 0.3 is 12.0 Å². The maximum absolute atomic E-state index is 12.8. The highest BCUT2D eigenvalue weighted by Crippen LogP contribution is 2.36. The second-order valence-corrected chi connectivity index (χ2v) is 9.06. The van der Waals surface area contributed by atoms with E-state index in [1.807, 2.05) is 0 Å². The Hall–Kier alpha value is -3.25. The zero-order valence-electron chi connectivity index (χ0n) is 16.1. The number of rotatable bonds is 7. The number of aromatic nitrogens is 4. The Morgan fingerprint density at radius 1 is 1.19 bits per heavy atom. The van der Waals surface area contributed by atoms with E-state index >= 15 is 0 Å². The van der Waals surface area contributed by atoms with Crippen LogP contribution in [0.5, 0.6) is 0 Å². The lowest BCUT2D eigenvalue weighted by Gasteiger charge is -2.13. The van der Waals surface area contributed by atoms with Crippen molar-refractivity contribution in [3.05, 3.63) is 42.1 Å². The van der Waals surface area contributed by atoms with Crippen molar-refractivity contribution in [3.63, 3.8) is 0 Å². The minimum absolute atomic E-state index is 0.00486. The van der Waals surface area contributed by atoms with E-state index in [1.165, 1.54) is 12.4 Å². The van der Waals surface area contributed by atoms with Crippen molar-refractivity contribution in [2.24, 2.45) is 5.92 Å². The van der Waals surface area contributed by atoms with Gasteiger partial charge in [0, 0.05) is 30.1 Å². The summed E-state index contributed by atoms with van der Waals surface area (Å²) in [5.41, 5.74) is 0.536. The van der Waals surface area contributed by atoms with E-state index in [9.17, 15) is 19.5 Å². The second kappa shape index (κ2) is 9.27. The monoisotopic (exact) mass is 458 g/mol. The van der Waals surface area contributed by atoms with Crippen LogP contribution < -0.4 is 10.6 Å². The Morgan fingerprint density at radius 3 is 2.71 bits per heavy atom. The predicted molar refractivity (Wildman–Crippen MR) is 115 cm³/mol. The number of H-pyrrole nitrogens is 1. The highest BCUT2D eigenvalue weighted by Gasteiger charge is 2.26. The molecule has 160 valence electrons. The normalized spacial score (nSPS) is 13.8. The van der Waals surface area contributed by atoms with Gasteiger partial charge < -0.3 is 15.4 Å². The molecule has 1 aliphatic rings. The average molecular weight is 459 g/mol. The van der Waals surface area contributed by atoms with Gasteiger partial charge in [-0.2, -0.15) is 0 Å². The summed E-state index contributed by atoms with van der Waals surface area (Å²) < 4.78 is 0.372. The van der Waals surface area contributed by atoms with E-state index < -0.39 is 12.0 Å². The Labute approximate surface area is 184 Å². The number of nitrogens with one attached hydrogen (secondary N) is 3. The fourth-order valence-electron chi connectivity index (χ4n) is 3.33. The number of carbonyl (C=O) groups excluding carboxylic acids is 2. The number of carbonyl (C=O) groups is 3. The molecule has 0 radical (unpaired) electrons. The maximum atomic E-state index is 12.8. The number of ketones is 1. The third-order valence-electron chi connectivity index (χ3n) is 4.74. The van der Waals surface area contributed by atoms with Crippen LogP contribution in [0.4, 0.5) is 15.6 Å². The van der Waals surface area contributed by atoms with Crippen molar-refractivity contribution in [1.29, 1.82) is 0 Å². The highest BCUT2D eigenvalue weighted by molar-refractivity contribution is 8.01. The van der Waals surface area contributed by atoms with Gasteiger partial charge in [0.15, 0.2) is 21.8 Å². The van der Waals surface area contributed by atoms with Crippen molar-refractivity contribution >= 4 is 51.7 Å². The molecule has 1 aliphatic carbocycles. The van der Waals surface area contributed by atoms with Crippen LogP contribution in [0.15, 0.2) is 40.2 Å². The van der Waals surface area contributed by atoms with E-state index in [0.717, 1.165) is 48.8 Å². The Balaban J connectivity index is 1.48. The van der Waals surface area contributed by atoms with Crippen LogP contribution >= 0.6 is 23.1 Å². The summed E-state index contributed by atoms with van der Waals surface area (Å²) in [6.07, 6.45) is 9.86. The number of aromatic carboxylic acids is 1. The molecule has 4 N–H and O–H groups in total. The third-order valence-corrected chi connectivity index (χ3v) is 6.80. The van der Waals surface area contributed by atoms with E-state index in [-0.39, 0.29) is 22.5 Å². The fourth-order valence-corrected chi connectivity index (χ4v) is 5.30. The first kappa shape index (κ1) is 21.0. The van der Waals surface area contributed by atoms with Crippen LogP contribution in [0.25, 0.3) is 0 Å². The third kappa shape index (κ3) is 4.91. The molecular formula is C19H18N6O4S2. The summed E-state index contributed by atoms with van der Waals surface area (Å²) >= 11 is 2.12. The Morgan fingerprint density at radius 2 is 2.00 bits per heavy atom. The number of carboxylic acid groups (broad SMARTS) is 1. The molecule has 0 bridgehead atoms. The van der Waals surface area contributed by atoms with Gasteiger partial charge in [0.1, 0.15) is 4.21 Å². The Bertz CT molecular complexity index is 1110. The minimum atomic E-state index is -1.21. The summed E-state index contributed by atoms with van der Waals surface area (Å²) in [5.74, 6) is -1.26. The van der Waals surface area contributed by atoms with Gasteiger partial charge in [-0.1, -0.05) is 24.2 Å². The molecule has 3 aromatic rings. The molecule has 10 nitrogen and oxygen atoms in total. The molecule has 31 heavy (non-hydrogen) atoms. The number of amides is 2.